The van der Waals surface area contributed by atoms with Crippen LogP contribution in [-0.2, 0) is 9.53 Å². The second-order valence-corrected chi connectivity index (χ2v) is 4.02. The highest BCUT2D eigenvalue weighted by molar-refractivity contribution is 5.70. The molecule has 14 heavy (non-hydrogen) atoms. The summed E-state index contributed by atoms with van der Waals surface area (Å²) >= 11 is 0. The molecule has 4 nitrogen and oxygen atoms in total. The van der Waals surface area contributed by atoms with Gasteiger partial charge in [0.2, 0.25) is 0 Å². The first kappa shape index (κ1) is 11.5. The third-order valence-electron chi connectivity index (χ3n) is 3.11. The number of aliphatic carboxylic acids is 1. The number of rotatable bonds is 4. The topological polar surface area (TPSA) is 49.8 Å². The van der Waals surface area contributed by atoms with Crippen molar-refractivity contribution in [3.8, 4) is 0 Å². The number of hydrogen-bond acceptors (Lipinski definition) is 3. The highest BCUT2D eigenvalue weighted by atomic mass is 16.5. The number of ether oxygens (including phenoxy) is 1. The zero-order valence-electron chi connectivity index (χ0n) is 9.06. The fourth-order valence-corrected chi connectivity index (χ4v) is 2.19. The Morgan fingerprint density at radius 1 is 1.64 bits per heavy atom. The van der Waals surface area contributed by atoms with Crippen molar-refractivity contribution in [2.24, 2.45) is 5.92 Å². The van der Waals surface area contributed by atoms with Gasteiger partial charge in [-0.05, 0) is 33.4 Å². The lowest BCUT2D eigenvalue weighted by atomic mass is 9.96. The summed E-state index contributed by atoms with van der Waals surface area (Å²) in [4.78, 5) is 13.1. The van der Waals surface area contributed by atoms with Gasteiger partial charge in [-0.15, -0.1) is 0 Å². The third-order valence-corrected chi connectivity index (χ3v) is 3.11. The molecule has 1 rings (SSSR count). The molecular formula is C10H19NO3. The molecule has 1 fully saturated rings. The van der Waals surface area contributed by atoms with Gasteiger partial charge in [0, 0.05) is 13.2 Å². The number of hydrogen-bond donors (Lipinski definition) is 1. The minimum atomic E-state index is -0.780. The van der Waals surface area contributed by atoms with Crippen molar-refractivity contribution >= 4 is 5.97 Å². The number of methoxy groups -OCH3 is 1. The van der Waals surface area contributed by atoms with E-state index < -0.39 is 11.9 Å². The monoisotopic (exact) mass is 201 g/mol. The first-order valence-corrected chi connectivity index (χ1v) is 5.03. The lowest BCUT2D eigenvalue weighted by Crippen LogP contribution is -2.43. The van der Waals surface area contributed by atoms with Gasteiger partial charge in [0.25, 0.3) is 0 Å². The quantitative estimate of drug-likeness (QED) is 0.731. The summed E-state index contributed by atoms with van der Waals surface area (Å²) in [6.45, 7) is 2.75. The molecule has 4 heteroatoms. The zero-order valence-corrected chi connectivity index (χ0v) is 9.06. The molecule has 0 aromatic carbocycles. The second-order valence-electron chi connectivity index (χ2n) is 4.02. The summed E-state index contributed by atoms with van der Waals surface area (Å²) in [6, 6.07) is 0.256. The molecule has 1 N–H and O–H groups in total. The van der Waals surface area contributed by atoms with Crippen LogP contribution in [0, 0.1) is 5.92 Å². The van der Waals surface area contributed by atoms with E-state index in [1.54, 1.807) is 14.0 Å². The molecule has 82 valence electrons. The minimum absolute atomic E-state index is 0.194. The zero-order chi connectivity index (χ0) is 10.7. The van der Waals surface area contributed by atoms with Gasteiger partial charge in [-0.25, -0.2) is 0 Å². The van der Waals surface area contributed by atoms with Crippen molar-refractivity contribution in [1.29, 1.82) is 0 Å². The highest BCUT2D eigenvalue weighted by Gasteiger charge is 2.35. The standard InChI is InChI=1S/C10H19NO3/c1-7(10(12)13)9(14-3)8-5-4-6-11(8)2/h7-9H,4-6H2,1-3H3,(H,12,13). The Labute approximate surface area is 84.8 Å². The number of carboxylic acid groups (broad SMARTS) is 1. The van der Waals surface area contributed by atoms with Gasteiger partial charge < -0.3 is 14.7 Å². The van der Waals surface area contributed by atoms with Crippen molar-refractivity contribution < 1.29 is 14.6 Å². The molecule has 0 radical (unpaired) electrons. The van der Waals surface area contributed by atoms with E-state index in [2.05, 4.69) is 4.90 Å². The van der Waals surface area contributed by atoms with E-state index >= 15 is 0 Å². The Hall–Kier alpha value is -0.610. The van der Waals surface area contributed by atoms with Gasteiger partial charge >= 0.3 is 5.97 Å². The van der Waals surface area contributed by atoms with Gasteiger partial charge in [-0.3, -0.25) is 4.79 Å². The summed E-state index contributed by atoms with van der Waals surface area (Å²) < 4.78 is 5.31. The largest absolute Gasteiger partial charge is 0.481 e. The lowest BCUT2D eigenvalue weighted by molar-refractivity contribution is -0.147. The number of nitrogens with zero attached hydrogens (tertiary/aromatic N) is 1. The normalized spacial score (nSPS) is 27.5. The molecule has 3 unspecified atom stereocenters. The molecule has 0 aromatic heterocycles. The molecule has 0 aliphatic carbocycles. The predicted octanol–water partition coefficient (Wildman–Crippen LogP) is 0.816. The molecule has 1 heterocycles. The molecule has 0 amide bonds. The van der Waals surface area contributed by atoms with Crippen LogP contribution >= 0.6 is 0 Å². The Bertz CT molecular complexity index is 208. The Kier molecular flexibility index (Phi) is 3.89. The van der Waals surface area contributed by atoms with Crippen LogP contribution in [0.5, 0.6) is 0 Å². The second kappa shape index (κ2) is 4.75. The number of carboxylic acids is 1. The van der Waals surface area contributed by atoms with Crippen LogP contribution in [0.3, 0.4) is 0 Å². The average Bonchev–Trinajstić information content (AvgIpc) is 2.53. The van der Waals surface area contributed by atoms with Crippen LogP contribution in [0.4, 0.5) is 0 Å². The molecule has 3 atom stereocenters. The summed E-state index contributed by atoms with van der Waals surface area (Å²) in [6.07, 6.45) is 1.97. The van der Waals surface area contributed by atoms with Gasteiger partial charge in [0.05, 0.1) is 12.0 Å². The van der Waals surface area contributed by atoms with E-state index in [-0.39, 0.29) is 12.1 Å². The van der Waals surface area contributed by atoms with Crippen molar-refractivity contribution in [3.05, 3.63) is 0 Å². The number of likely N-dealkylation sites (tertiary alicyclic amines) is 1. The van der Waals surface area contributed by atoms with E-state index in [4.69, 9.17) is 9.84 Å². The van der Waals surface area contributed by atoms with Crippen LogP contribution in [-0.4, -0.2) is 48.8 Å². The number of carbonyl (C=O) groups is 1. The maximum Gasteiger partial charge on any atom is 0.308 e. The Balaban J connectivity index is 2.65. The molecule has 1 saturated heterocycles. The van der Waals surface area contributed by atoms with Crippen molar-refractivity contribution in [2.45, 2.75) is 31.9 Å². The molecule has 0 saturated carbocycles. The van der Waals surface area contributed by atoms with E-state index in [0.29, 0.717) is 0 Å². The van der Waals surface area contributed by atoms with Gasteiger partial charge in [-0.2, -0.15) is 0 Å². The van der Waals surface area contributed by atoms with Crippen molar-refractivity contribution in [1.82, 2.24) is 4.90 Å². The predicted molar refractivity (Wildman–Crippen MR) is 53.2 cm³/mol. The van der Waals surface area contributed by atoms with Crippen LogP contribution in [0.2, 0.25) is 0 Å². The van der Waals surface area contributed by atoms with Gasteiger partial charge in [-0.1, -0.05) is 0 Å². The Morgan fingerprint density at radius 2 is 2.29 bits per heavy atom. The van der Waals surface area contributed by atoms with Crippen LogP contribution in [0.15, 0.2) is 0 Å². The highest BCUT2D eigenvalue weighted by Crippen LogP contribution is 2.24. The van der Waals surface area contributed by atoms with E-state index in [1.165, 1.54) is 0 Å². The molecular weight excluding hydrogens is 182 g/mol. The molecule has 0 spiro atoms. The maximum atomic E-state index is 10.9. The fourth-order valence-electron chi connectivity index (χ4n) is 2.19. The fraction of sp³-hybridized carbons (Fsp3) is 0.900. The molecule has 0 bridgehead atoms. The van der Waals surface area contributed by atoms with Crippen molar-refractivity contribution in [3.63, 3.8) is 0 Å². The van der Waals surface area contributed by atoms with E-state index in [1.807, 2.05) is 7.05 Å². The average molecular weight is 201 g/mol. The van der Waals surface area contributed by atoms with Crippen LogP contribution in [0.25, 0.3) is 0 Å². The summed E-state index contributed by atoms with van der Waals surface area (Å²) in [5.74, 6) is -1.22. The van der Waals surface area contributed by atoms with Gasteiger partial charge in [0.15, 0.2) is 0 Å². The van der Waals surface area contributed by atoms with Gasteiger partial charge in [0.1, 0.15) is 0 Å². The summed E-state index contributed by atoms with van der Waals surface area (Å²) in [5, 5.41) is 8.93. The molecule has 0 aromatic rings. The third kappa shape index (κ3) is 2.25. The first-order valence-electron chi connectivity index (χ1n) is 5.03. The lowest BCUT2D eigenvalue weighted by Gasteiger charge is -2.30. The Morgan fingerprint density at radius 3 is 2.64 bits per heavy atom. The van der Waals surface area contributed by atoms with E-state index in [0.717, 1.165) is 19.4 Å². The van der Waals surface area contributed by atoms with Crippen LogP contribution < -0.4 is 0 Å². The summed E-state index contributed by atoms with van der Waals surface area (Å²) in [5.41, 5.74) is 0. The van der Waals surface area contributed by atoms with E-state index in [9.17, 15) is 4.79 Å². The first-order chi connectivity index (χ1) is 6.57. The number of likely N-dealkylation sites (N-methyl/N-ethyl adjacent to an activating group) is 1. The van der Waals surface area contributed by atoms with Crippen molar-refractivity contribution in [2.75, 3.05) is 20.7 Å². The summed E-state index contributed by atoms with van der Waals surface area (Å²) in [7, 11) is 3.62. The van der Waals surface area contributed by atoms with Crippen LogP contribution in [0.1, 0.15) is 19.8 Å². The SMILES string of the molecule is COC(C(C)C(=O)O)C1CCCN1C. The molecule has 1 aliphatic rings. The molecule has 1 aliphatic heterocycles. The minimum Gasteiger partial charge on any atom is -0.481 e. The maximum absolute atomic E-state index is 10.9. The smallest absolute Gasteiger partial charge is 0.308 e.